The Morgan fingerprint density at radius 1 is 0.639 bits per heavy atom. The fraction of sp³-hybridized carbons (Fsp3) is 0.522. The summed E-state index contributed by atoms with van der Waals surface area (Å²) < 4.78 is 0. The molecule has 1 rings (SSSR count). The van der Waals surface area contributed by atoms with Gasteiger partial charge < -0.3 is 25.5 Å². The molecule has 200 valence electrons. The highest BCUT2D eigenvalue weighted by atomic mass is 16.4. The smallest absolute Gasteiger partial charge is 0.317 e. The van der Waals surface area contributed by atoms with Crippen LogP contribution in [0.2, 0.25) is 0 Å². The highest BCUT2D eigenvalue weighted by molar-refractivity contribution is 5.73. The molecule has 13 nitrogen and oxygen atoms in total. The molecule has 0 aromatic heterocycles. The van der Waals surface area contributed by atoms with E-state index in [2.05, 4.69) is 0 Å². The number of hydrogen-bond acceptors (Lipinski definition) is 8. The van der Waals surface area contributed by atoms with Crippen LogP contribution in [0, 0.1) is 0 Å². The van der Waals surface area contributed by atoms with E-state index in [0.29, 0.717) is 0 Å². The van der Waals surface area contributed by atoms with Crippen molar-refractivity contribution in [2.24, 2.45) is 0 Å². The van der Waals surface area contributed by atoms with Crippen molar-refractivity contribution in [1.29, 1.82) is 0 Å². The van der Waals surface area contributed by atoms with Crippen LogP contribution in [0.15, 0.2) is 24.3 Å². The second kappa shape index (κ2) is 15.4. The average Bonchev–Trinajstić information content (AvgIpc) is 2.75. The van der Waals surface area contributed by atoms with Gasteiger partial charge >= 0.3 is 29.8 Å². The maximum absolute atomic E-state index is 11.5. The molecule has 1 aromatic rings. The SMILES string of the molecule is CCc1ccc(CC(CN(CCN(CC(=O)O)CC(=O)O)CC(=O)O)N(CC(=O)O)CC(=O)O)cc1. The topological polar surface area (TPSA) is 196 Å². The van der Waals surface area contributed by atoms with Crippen molar-refractivity contribution >= 4 is 29.8 Å². The Morgan fingerprint density at radius 3 is 1.44 bits per heavy atom. The third-order valence-corrected chi connectivity index (χ3v) is 5.37. The molecule has 0 amide bonds. The van der Waals surface area contributed by atoms with Crippen molar-refractivity contribution in [3.05, 3.63) is 35.4 Å². The van der Waals surface area contributed by atoms with Crippen LogP contribution in [0.5, 0.6) is 0 Å². The number of carboxylic acid groups (broad SMARTS) is 5. The Morgan fingerprint density at radius 2 is 1.03 bits per heavy atom. The number of aliphatic carboxylic acids is 5. The van der Waals surface area contributed by atoms with Gasteiger partial charge in [0.05, 0.1) is 32.7 Å². The van der Waals surface area contributed by atoms with Gasteiger partial charge in [0.15, 0.2) is 0 Å². The van der Waals surface area contributed by atoms with Crippen molar-refractivity contribution in [2.45, 2.75) is 25.8 Å². The summed E-state index contributed by atoms with van der Waals surface area (Å²) >= 11 is 0. The molecular formula is C23H33N3O10. The predicted octanol–water partition coefficient (Wildman–Crippen LogP) is -0.511. The summed E-state index contributed by atoms with van der Waals surface area (Å²) in [5, 5.41) is 46.1. The van der Waals surface area contributed by atoms with Crippen molar-refractivity contribution in [3.63, 3.8) is 0 Å². The fourth-order valence-electron chi connectivity index (χ4n) is 3.76. The van der Waals surface area contributed by atoms with Crippen LogP contribution < -0.4 is 0 Å². The Hall–Kier alpha value is -3.55. The van der Waals surface area contributed by atoms with Gasteiger partial charge in [-0.3, -0.25) is 38.7 Å². The molecule has 0 aliphatic heterocycles. The largest absolute Gasteiger partial charge is 0.480 e. The molecular weight excluding hydrogens is 478 g/mol. The van der Waals surface area contributed by atoms with Crippen LogP contribution in [-0.4, -0.2) is 128 Å². The van der Waals surface area contributed by atoms with E-state index < -0.39 is 68.6 Å². The maximum Gasteiger partial charge on any atom is 0.317 e. The zero-order valence-corrected chi connectivity index (χ0v) is 20.1. The summed E-state index contributed by atoms with van der Waals surface area (Å²) in [6.07, 6.45) is 1.04. The molecule has 0 saturated carbocycles. The molecule has 5 N–H and O–H groups in total. The molecule has 0 heterocycles. The van der Waals surface area contributed by atoms with Gasteiger partial charge in [0.25, 0.3) is 0 Å². The highest BCUT2D eigenvalue weighted by Crippen LogP contribution is 2.13. The number of carboxylic acids is 5. The quantitative estimate of drug-likeness (QED) is 0.159. The summed E-state index contributed by atoms with van der Waals surface area (Å²) in [4.78, 5) is 60.3. The third-order valence-electron chi connectivity index (χ3n) is 5.37. The summed E-state index contributed by atoms with van der Waals surface area (Å²) in [6, 6.07) is 6.77. The lowest BCUT2D eigenvalue weighted by molar-refractivity contribution is -0.144. The summed E-state index contributed by atoms with van der Waals surface area (Å²) in [7, 11) is 0. The van der Waals surface area contributed by atoms with Gasteiger partial charge in [0.1, 0.15) is 0 Å². The molecule has 0 bridgehead atoms. The first-order valence-corrected chi connectivity index (χ1v) is 11.2. The number of benzene rings is 1. The minimum Gasteiger partial charge on any atom is -0.480 e. The monoisotopic (exact) mass is 511 g/mol. The van der Waals surface area contributed by atoms with Crippen LogP contribution in [0.3, 0.4) is 0 Å². The summed E-state index contributed by atoms with van der Waals surface area (Å²) in [6.45, 7) is -0.974. The fourth-order valence-corrected chi connectivity index (χ4v) is 3.76. The van der Waals surface area contributed by atoms with Gasteiger partial charge in [0, 0.05) is 25.7 Å². The summed E-state index contributed by atoms with van der Waals surface area (Å²) in [5.74, 6) is -6.19. The number of aryl methyl sites for hydroxylation is 1. The number of hydrogen-bond donors (Lipinski definition) is 5. The first-order chi connectivity index (χ1) is 16.9. The lowest BCUT2D eigenvalue weighted by Gasteiger charge is -2.34. The zero-order chi connectivity index (χ0) is 27.3. The zero-order valence-electron chi connectivity index (χ0n) is 20.1. The highest BCUT2D eigenvalue weighted by Gasteiger charge is 2.27. The minimum atomic E-state index is -1.25. The first kappa shape index (κ1) is 30.5. The van der Waals surface area contributed by atoms with Gasteiger partial charge in [-0.25, -0.2) is 0 Å². The first-order valence-electron chi connectivity index (χ1n) is 11.2. The molecule has 0 aliphatic carbocycles. The molecule has 1 atom stereocenters. The van der Waals surface area contributed by atoms with Crippen LogP contribution in [0.25, 0.3) is 0 Å². The molecule has 1 unspecified atom stereocenters. The average molecular weight is 512 g/mol. The van der Waals surface area contributed by atoms with Gasteiger partial charge in [-0.2, -0.15) is 0 Å². The number of nitrogens with zero attached hydrogens (tertiary/aromatic N) is 3. The normalized spacial score (nSPS) is 12.1. The van der Waals surface area contributed by atoms with Crippen LogP contribution >= 0.6 is 0 Å². The number of rotatable bonds is 19. The maximum atomic E-state index is 11.5. The molecule has 0 aliphatic rings. The Bertz CT molecular complexity index is 874. The van der Waals surface area contributed by atoms with Crippen molar-refractivity contribution in [1.82, 2.24) is 14.7 Å². The molecule has 0 spiro atoms. The van der Waals surface area contributed by atoms with Crippen LogP contribution in [0.1, 0.15) is 18.1 Å². The molecule has 36 heavy (non-hydrogen) atoms. The third kappa shape index (κ3) is 12.8. The van der Waals surface area contributed by atoms with Crippen molar-refractivity contribution in [3.8, 4) is 0 Å². The van der Waals surface area contributed by atoms with Crippen molar-refractivity contribution in [2.75, 3.05) is 52.4 Å². The van der Waals surface area contributed by atoms with E-state index in [4.69, 9.17) is 10.2 Å². The number of carbonyl (C=O) groups is 5. The van der Waals surface area contributed by atoms with E-state index in [0.717, 1.165) is 22.4 Å². The minimum absolute atomic E-state index is 0.0356. The van der Waals surface area contributed by atoms with Crippen LogP contribution in [-0.2, 0) is 36.8 Å². The van der Waals surface area contributed by atoms with E-state index in [1.54, 1.807) is 0 Å². The molecule has 13 heteroatoms. The van der Waals surface area contributed by atoms with Gasteiger partial charge in [-0.05, 0) is 24.0 Å². The van der Waals surface area contributed by atoms with Crippen LogP contribution in [0.4, 0.5) is 0 Å². The van der Waals surface area contributed by atoms with E-state index in [9.17, 15) is 39.3 Å². The van der Waals surface area contributed by atoms with Gasteiger partial charge in [0.2, 0.25) is 0 Å². The standard InChI is InChI=1S/C23H33N3O10/c1-2-16-3-5-17(6-4-16)9-18(26(14-22(33)34)15-23(35)36)10-24(11-19(27)28)7-8-25(12-20(29)30)13-21(31)32/h3-6,18H,2,7-15H2,1H3,(H,27,28)(H,29,30)(H,31,32)(H,33,34)(H,35,36). The lowest BCUT2D eigenvalue weighted by Crippen LogP contribution is -2.51. The second-order valence-corrected chi connectivity index (χ2v) is 8.35. The van der Waals surface area contributed by atoms with Gasteiger partial charge in [-0.1, -0.05) is 31.2 Å². The Balaban J connectivity index is 3.20. The molecule has 0 radical (unpaired) electrons. The molecule has 1 aromatic carbocycles. The Kier molecular flexibility index (Phi) is 13.1. The molecule has 0 saturated heterocycles. The van der Waals surface area contributed by atoms with E-state index >= 15 is 0 Å². The molecule has 0 fully saturated rings. The van der Waals surface area contributed by atoms with E-state index in [-0.39, 0.29) is 26.1 Å². The Labute approximate surface area is 208 Å². The van der Waals surface area contributed by atoms with E-state index in [1.165, 1.54) is 9.80 Å². The van der Waals surface area contributed by atoms with Crippen molar-refractivity contribution < 1.29 is 49.5 Å². The van der Waals surface area contributed by atoms with Gasteiger partial charge in [-0.15, -0.1) is 0 Å². The second-order valence-electron chi connectivity index (χ2n) is 8.35. The lowest BCUT2D eigenvalue weighted by atomic mass is 10.0. The predicted molar refractivity (Wildman–Crippen MR) is 126 cm³/mol. The summed E-state index contributed by atoms with van der Waals surface area (Å²) in [5.41, 5.74) is 1.87. The van der Waals surface area contributed by atoms with E-state index in [1.807, 2.05) is 31.2 Å².